The van der Waals surface area contributed by atoms with Crippen molar-refractivity contribution < 1.29 is 14.3 Å². The van der Waals surface area contributed by atoms with Crippen LogP contribution in [0.4, 0.5) is 4.79 Å². The number of pyridine rings is 1. The molecule has 1 aliphatic heterocycles. The van der Waals surface area contributed by atoms with E-state index in [9.17, 15) is 9.59 Å². The summed E-state index contributed by atoms with van der Waals surface area (Å²) in [4.78, 5) is 41.1. The van der Waals surface area contributed by atoms with E-state index in [1.54, 1.807) is 34.0 Å². The fourth-order valence-electron chi connectivity index (χ4n) is 4.49. The summed E-state index contributed by atoms with van der Waals surface area (Å²) in [6.07, 6.45) is 5.89. The summed E-state index contributed by atoms with van der Waals surface area (Å²) >= 11 is 1.40. The molecule has 0 radical (unpaired) electrons. The van der Waals surface area contributed by atoms with Crippen LogP contribution in [0.5, 0.6) is 5.88 Å². The fraction of sp³-hybridized carbons (Fsp3) is 0.500. The van der Waals surface area contributed by atoms with Crippen molar-refractivity contribution in [3.05, 3.63) is 47.4 Å². The highest BCUT2D eigenvalue weighted by Crippen LogP contribution is 2.31. The molecule has 0 aliphatic carbocycles. The van der Waals surface area contributed by atoms with Gasteiger partial charge in [0, 0.05) is 37.2 Å². The zero-order valence-corrected chi connectivity index (χ0v) is 23.0. The molecular weight excluding hydrogens is 492 g/mol. The summed E-state index contributed by atoms with van der Waals surface area (Å²) in [7, 11) is 0. The van der Waals surface area contributed by atoms with E-state index < -0.39 is 11.1 Å². The maximum Gasteiger partial charge on any atom is 0.410 e. The van der Waals surface area contributed by atoms with Gasteiger partial charge in [0.1, 0.15) is 17.1 Å². The first-order valence-corrected chi connectivity index (χ1v) is 13.4. The Hall–Kier alpha value is -3.34. The second kappa shape index (κ2) is 10.2. The lowest BCUT2D eigenvalue weighted by molar-refractivity contribution is -0.0268. The highest BCUT2D eigenvalue weighted by Gasteiger charge is 2.40. The quantitative estimate of drug-likeness (QED) is 0.264. The minimum atomic E-state index is -0.554. The molecular formula is C26H34N6O4S. The third kappa shape index (κ3) is 5.66. The molecule has 3 aromatic rings. The Kier molecular flexibility index (Phi) is 7.36. The molecule has 198 valence electrons. The van der Waals surface area contributed by atoms with Crippen LogP contribution in [0.25, 0.3) is 16.9 Å². The van der Waals surface area contributed by atoms with E-state index in [2.05, 4.69) is 16.5 Å². The molecule has 37 heavy (non-hydrogen) atoms. The van der Waals surface area contributed by atoms with Crippen molar-refractivity contribution in [3.8, 4) is 11.7 Å². The van der Waals surface area contributed by atoms with Crippen LogP contribution in [0.15, 0.2) is 47.0 Å². The molecule has 0 bridgehead atoms. The summed E-state index contributed by atoms with van der Waals surface area (Å²) in [6, 6.07) is 5.44. The summed E-state index contributed by atoms with van der Waals surface area (Å²) in [6.45, 7) is 14.2. The van der Waals surface area contributed by atoms with Gasteiger partial charge in [-0.05, 0) is 46.9 Å². The maximum absolute atomic E-state index is 13.1. The van der Waals surface area contributed by atoms with E-state index in [4.69, 9.17) is 14.5 Å². The van der Waals surface area contributed by atoms with E-state index in [1.807, 2.05) is 46.9 Å². The lowest BCUT2D eigenvalue weighted by Crippen LogP contribution is -2.56. The van der Waals surface area contributed by atoms with Gasteiger partial charge < -0.3 is 14.4 Å². The number of thioether (sulfide) groups is 1. The van der Waals surface area contributed by atoms with Crippen molar-refractivity contribution in [2.45, 2.75) is 76.4 Å². The fourth-order valence-corrected chi connectivity index (χ4v) is 4.83. The monoisotopic (exact) mass is 526 g/mol. The third-order valence-corrected chi connectivity index (χ3v) is 6.66. The molecule has 0 spiro atoms. The number of hydrogen-bond acceptors (Lipinski definition) is 8. The number of aromatic nitrogens is 5. The lowest BCUT2D eigenvalue weighted by Gasteiger charge is -2.45. The van der Waals surface area contributed by atoms with Gasteiger partial charge in [-0.3, -0.25) is 4.79 Å². The van der Waals surface area contributed by atoms with Gasteiger partial charge in [0.15, 0.2) is 16.6 Å². The van der Waals surface area contributed by atoms with Crippen LogP contribution in [0.2, 0.25) is 0 Å². The van der Waals surface area contributed by atoms with Crippen LogP contribution < -0.4 is 10.3 Å². The number of fused-ring (bicyclic) bond motifs is 1. The molecule has 1 aliphatic rings. The van der Waals surface area contributed by atoms with Crippen molar-refractivity contribution in [2.75, 3.05) is 12.8 Å². The predicted octanol–water partition coefficient (Wildman–Crippen LogP) is 4.44. The summed E-state index contributed by atoms with van der Waals surface area (Å²) in [5, 5.41) is 0.965. The van der Waals surface area contributed by atoms with Crippen LogP contribution in [0.3, 0.4) is 0 Å². The Morgan fingerprint density at radius 3 is 2.70 bits per heavy atom. The normalized spacial score (nSPS) is 17.6. The van der Waals surface area contributed by atoms with Gasteiger partial charge in [-0.2, -0.15) is 4.98 Å². The largest absolute Gasteiger partial charge is 0.474 e. The molecule has 1 fully saturated rings. The molecule has 1 unspecified atom stereocenters. The van der Waals surface area contributed by atoms with Gasteiger partial charge in [0.05, 0.1) is 6.54 Å². The molecule has 0 aromatic carbocycles. The zero-order chi connectivity index (χ0) is 27.0. The Bertz CT molecular complexity index is 1370. The van der Waals surface area contributed by atoms with Gasteiger partial charge in [-0.25, -0.2) is 24.1 Å². The Morgan fingerprint density at radius 2 is 2.05 bits per heavy atom. The molecule has 11 heteroatoms. The van der Waals surface area contributed by atoms with E-state index in [1.165, 1.54) is 16.4 Å². The molecule has 0 saturated carbocycles. The first kappa shape index (κ1) is 26.7. The smallest absolute Gasteiger partial charge is 0.410 e. The van der Waals surface area contributed by atoms with Gasteiger partial charge in [0.25, 0.3) is 5.56 Å². The molecule has 4 heterocycles. The molecule has 10 nitrogen and oxygen atoms in total. The molecule has 4 rings (SSSR count). The first-order chi connectivity index (χ1) is 17.4. The van der Waals surface area contributed by atoms with Crippen LogP contribution in [0, 0.1) is 0 Å². The molecule has 3 aromatic heterocycles. The number of likely N-dealkylation sites (tertiary alicyclic amines) is 1. The van der Waals surface area contributed by atoms with Crippen molar-refractivity contribution in [1.82, 2.24) is 29.2 Å². The number of carbonyl (C=O) groups is 1. The Labute approximate surface area is 220 Å². The van der Waals surface area contributed by atoms with Crippen molar-refractivity contribution in [2.24, 2.45) is 0 Å². The van der Waals surface area contributed by atoms with Crippen molar-refractivity contribution >= 4 is 28.9 Å². The van der Waals surface area contributed by atoms with Gasteiger partial charge in [-0.1, -0.05) is 23.9 Å². The molecule has 0 N–H and O–H groups in total. The standard InChI is InChI=1S/C26H34N6O4S/c1-8-13-31-22(33)18-16-27-23(37-7)29-21(18)32(31)19-10-9-11-20(28-19)35-17-12-14-30(26(5,6)15-17)24(34)36-25(2,3)4/h8-11,16-17H,1,12-15H2,2-7H3. The van der Waals surface area contributed by atoms with E-state index >= 15 is 0 Å². The van der Waals surface area contributed by atoms with E-state index in [-0.39, 0.29) is 24.3 Å². The number of hydrogen-bond donors (Lipinski definition) is 0. The molecule has 1 saturated heterocycles. The summed E-state index contributed by atoms with van der Waals surface area (Å²) in [5.74, 6) is 0.935. The number of piperidine rings is 1. The third-order valence-electron chi connectivity index (χ3n) is 6.10. The summed E-state index contributed by atoms with van der Waals surface area (Å²) in [5.41, 5.74) is -0.745. The number of rotatable bonds is 6. The zero-order valence-electron chi connectivity index (χ0n) is 22.2. The number of carbonyl (C=O) groups excluding carboxylic acids is 1. The maximum atomic E-state index is 13.1. The second-order valence-electron chi connectivity index (χ2n) is 10.6. The first-order valence-electron chi connectivity index (χ1n) is 12.2. The number of amides is 1. The minimum absolute atomic E-state index is 0.140. The van der Waals surface area contributed by atoms with Crippen LogP contribution in [0.1, 0.15) is 47.5 Å². The van der Waals surface area contributed by atoms with Gasteiger partial charge in [-0.15, -0.1) is 6.58 Å². The SMILES string of the molecule is C=CCn1c(=O)c2cnc(SC)nc2n1-c1cccc(OC2CCN(C(=O)OC(C)(C)C)C(C)(C)C2)n1. The number of ether oxygens (including phenoxy) is 2. The van der Waals surface area contributed by atoms with Gasteiger partial charge >= 0.3 is 6.09 Å². The predicted molar refractivity (Wildman–Crippen MR) is 144 cm³/mol. The summed E-state index contributed by atoms with van der Waals surface area (Å²) < 4.78 is 15.1. The molecule has 1 amide bonds. The highest BCUT2D eigenvalue weighted by molar-refractivity contribution is 7.98. The van der Waals surface area contributed by atoms with Crippen molar-refractivity contribution in [1.29, 1.82) is 0 Å². The van der Waals surface area contributed by atoms with Gasteiger partial charge in [0.2, 0.25) is 5.88 Å². The second-order valence-corrected chi connectivity index (χ2v) is 11.4. The number of allylic oxidation sites excluding steroid dienone is 1. The topological polar surface area (TPSA) is 104 Å². The molecule has 1 atom stereocenters. The Morgan fingerprint density at radius 1 is 1.30 bits per heavy atom. The van der Waals surface area contributed by atoms with Crippen molar-refractivity contribution in [3.63, 3.8) is 0 Å². The average molecular weight is 527 g/mol. The average Bonchev–Trinajstić information content (AvgIpc) is 3.08. The lowest BCUT2D eigenvalue weighted by atomic mass is 9.89. The Balaban J connectivity index is 1.61. The number of nitrogens with zero attached hydrogens (tertiary/aromatic N) is 6. The minimum Gasteiger partial charge on any atom is -0.474 e. The van der Waals surface area contributed by atoms with E-state index in [0.717, 1.165) is 0 Å². The van der Waals surface area contributed by atoms with E-state index in [0.29, 0.717) is 47.3 Å². The highest BCUT2D eigenvalue weighted by atomic mass is 32.2. The van der Waals surface area contributed by atoms with Crippen LogP contribution in [-0.2, 0) is 11.3 Å². The van der Waals surface area contributed by atoms with Crippen LogP contribution in [-0.4, -0.2) is 65.4 Å². The van der Waals surface area contributed by atoms with Crippen LogP contribution >= 0.6 is 11.8 Å².